The summed E-state index contributed by atoms with van der Waals surface area (Å²) in [4.78, 5) is 7.18. The van der Waals surface area contributed by atoms with Crippen LogP contribution in [0, 0.1) is 6.92 Å². The highest BCUT2D eigenvalue weighted by atomic mass is 35.5. The summed E-state index contributed by atoms with van der Waals surface area (Å²) in [6.07, 6.45) is 4.08. The quantitative estimate of drug-likeness (QED) is 0.677. The molecule has 3 aromatic rings. The van der Waals surface area contributed by atoms with Crippen LogP contribution in [-0.2, 0) is 0 Å². The molecule has 0 amide bonds. The van der Waals surface area contributed by atoms with Crippen LogP contribution in [0.15, 0.2) is 36.7 Å². The molecule has 1 N–H and O–H groups in total. The third-order valence-electron chi connectivity index (χ3n) is 4.68. The van der Waals surface area contributed by atoms with E-state index in [1.807, 2.05) is 29.7 Å². The van der Waals surface area contributed by atoms with Crippen LogP contribution in [0.2, 0.25) is 5.02 Å². The molecule has 1 saturated heterocycles. The zero-order valence-electron chi connectivity index (χ0n) is 15.2. The minimum Gasteiger partial charge on any atom is -0.496 e. The highest BCUT2D eigenvalue weighted by Crippen LogP contribution is 2.34. The van der Waals surface area contributed by atoms with Crippen LogP contribution in [0.3, 0.4) is 0 Å². The number of aryl methyl sites for hydroxylation is 1. The first kappa shape index (κ1) is 21.6. The van der Waals surface area contributed by atoms with Gasteiger partial charge in [-0.05, 0) is 30.7 Å². The lowest BCUT2D eigenvalue weighted by molar-refractivity contribution is 0.416. The van der Waals surface area contributed by atoms with E-state index in [9.17, 15) is 0 Å². The number of methoxy groups -OCH3 is 1. The van der Waals surface area contributed by atoms with E-state index in [4.69, 9.17) is 21.3 Å². The van der Waals surface area contributed by atoms with Crippen molar-refractivity contribution < 1.29 is 4.74 Å². The molecule has 3 heterocycles. The van der Waals surface area contributed by atoms with E-state index in [-0.39, 0.29) is 24.8 Å². The zero-order valence-corrected chi connectivity index (χ0v) is 17.6. The SMILES string of the molecule is COc1cc(C)c(Cl)cc1-c1cn2ccc(N3CCNCC3)cc2n1.Cl.Cl. The summed E-state index contributed by atoms with van der Waals surface area (Å²) in [5.41, 5.74) is 4.89. The molecule has 0 bridgehead atoms. The van der Waals surface area contributed by atoms with Gasteiger partial charge in [-0.25, -0.2) is 4.98 Å². The molecule has 0 aliphatic carbocycles. The van der Waals surface area contributed by atoms with Crippen LogP contribution < -0.4 is 15.0 Å². The molecule has 146 valence electrons. The Morgan fingerprint density at radius 3 is 2.59 bits per heavy atom. The second kappa shape index (κ2) is 9.02. The second-order valence-electron chi connectivity index (χ2n) is 6.32. The summed E-state index contributed by atoms with van der Waals surface area (Å²) in [7, 11) is 1.67. The van der Waals surface area contributed by atoms with Gasteiger partial charge >= 0.3 is 0 Å². The van der Waals surface area contributed by atoms with Crippen molar-refractivity contribution in [3.63, 3.8) is 0 Å². The van der Waals surface area contributed by atoms with Gasteiger partial charge in [-0.2, -0.15) is 0 Å². The molecule has 1 aliphatic rings. The van der Waals surface area contributed by atoms with Crippen molar-refractivity contribution in [3.05, 3.63) is 47.2 Å². The molecule has 1 aromatic carbocycles. The summed E-state index contributed by atoms with van der Waals surface area (Å²) in [6, 6.07) is 8.16. The highest BCUT2D eigenvalue weighted by molar-refractivity contribution is 6.31. The molecular weight excluding hydrogens is 407 g/mol. The summed E-state index contributed by atoms with van der Waals surface area (Å²) in [5, 5.41) is 4.10. The Balaban J connectivity index is 0.00000131. The number of anilines is 1. The maximum atomic E-state index is 6.32. The Morgan fingerprint density at radius 2 is 1.89 bits per heavy atom. The fraction of sp³-hybridized carbons (Fsp3) is 0.316. The Bertz CT molecular complexity index is 923. The van der Waals surface area contributed by atoms with Crippen molar-refractivity contribution in [2.24, 2.45) is 0 Å². The van der Waals surface area contributed by atoms with E-state index in [2.05, 4.69) is 28.5 Å². The molecule has 0 spiro atoms. The highest BCUT2D eigenvalue weighted by Gasteiger charge is 2.15. The molecule has 8 heteroatoms. The molecule has 1 fully saturated rings. The standard InChI is InChI=1S/C19H21ClN4O.2ClH/c1-13-9-18(25-2)15(11-16(13)20)17-12-24-6-3-14(10-19(24)22-17)23-7-4-21-5-8-23;;/h3,6,9-12,21H,4-5,7-8H2,1-2H3;2*1H. The summed E-state index contributed by atoms with van der Waals surface area (Å²) < 4.78 is 7.56. The molecule has 1 aliphatic heterocycles. The number of benzene rings is 1. The van der Waals surface area contributed by atoms with Crippen LogP contribution >= 0.6 is 36.4 Å². The number of aromatic nitrogens is 2. The van der Waals surface area contributed by atoms with E-state index in [1.54, 1.807) is 7.11 Å². The van der Waals surface area contributed by atoms with Crippen molar-refractivity contribution in [1.29, 1.82) is 0 Å². The van der Waals surface area contributed by atoms with Gasteiger partial charge in [0.2, 0.25) is 0 Å². The lowest BCUT2D eigenvalue weighted by Gasteiger charge is -2.29. The average Bonchev–Trinajstić information content (AvgIpc) is 3.07. The van der Waals surface area contributed by atoms with Gasteiger partial charge in [-0.15, -0.1) is 24.8 Å². The van der Waals surface area contributed by atoms with Crippen molar-refractivity contribution in [2.75, 3.05) is 38.2 Å². The minimum absolute atomic E-state index is 0. The number of hydrogen-bond donors (Lipinski definition) is 1. The van der Waals surface area contributed by atoms with Crippen molar-refractivity contribution in [2.45, 2.75) is 6.92 Å². The third-order valence-corrected chi connectivity index (χ3v) is 5.09. The number of imidazole rings is 1. The Hall–Kier alpha value is -1.66. The van der Waals surface area contributed by atoms with Gasteiger partial charge < -0.3 is 19.4 Å². The monoisotopic (exact) mass is 428 g/mol. The number of piperazine rings is 1. The molecular formula is C19H23Cl3N4O. The number of pyridine rings is 1. The number of nitrogens with zero attached hydrogens (tertiary/aromatic N) is 3. The average molecular weight is 430 g/mol. The maximum Gasteiger partial charge on any atom is 0.139 e. The molecule has 0 saturated carbocycles. The number of halogens is 3. The predicted molar refractivity (Wildman–Crippen MR) is 117 cm³/mol. The smallest absolute Gasteiger partial charge is 0.139 e. The molecule has 5 nitrogen and oxygen atoms in total. The molecule has 0 atom stereocenters. The van der Waals surface area contributed by atoms with Gasteiger partial charge in [0.25, 0.3) is 0 Å². The Labute approximate surface area is 176 Å². The van der Waals surface area contributed by atoms with E-state index < -0.39 is 0 Å². The molecule has 0 radical (unpaired) electrons. The normalized spacial score (nSPS) is 13.8. The minimum atomic E-state index is 0. The van der Waals surface area contributed by atoms with Crippen molar-refractivity contribution >= 4 is 47.7 Å². The van der Waals surface area contributed by atoms with E-state index in [0.29, 0.717) is 0 Å². The number of hydrogen-bond acceptors (Lipinski definition) is 4. The van der Waals surface area contributed by atoms with Gasteiger partial charge in [0.05, 0.1) is 12.8 Å². The van der Waals surface area contributed by atoms with Gasteiger partial charge in [0.1, 0.15) is 11.4 Å². The topological polar surface area (TPSA) is 41.8 Å². The Morgan fingerprint density at radius 1 is 1.15 bits per heavy atom. The maximum absolute atomic E-state index is 6.32. The van der Waals surface area contributed by atoms with E-state index in [0.717, 1.165) is 59.4 Å². The fourth-order valence-electron chi connectivity index (χ4n) is 3.24. The fourth-order valence-corrected chi connectivity index (χ4v) is 3.41. The summed E-state index contributed by atoms with van der Waals surface area (Å²) >= 11 is 6.32. The lowest BCUT2D eigenvalue weighted by atomic mass is 10.1. The third kappa shape index (κ3) is 4.27. The first-order valence-corrected chi connectivity index (χ1v) is 8.82. The van der Waals surface area contributed by atoms with Crippen LogP contribution in [0.1, 0.15) is 5.56 Å². The number of nitrogens with one attached hydrogen (secondary N) is 1. The van der Waals surface area contributed by atoms with Crippen LogP contribution in [-0.4, -0.2) is 42.7 Å². The van der Waals surface area contributed by atoms with Crippen LogP contribution in [0.4, 0.5) is 5.69 Å². The summed E-state index contributed by atoms with van der Waals surface area (Å²) in [5.74, 6) is 0.785. The summed E-state index contributed by atoms with van der Waals surface area (Å²) in [6.45, 7) is 6.04. The zero-order chi connectivity index (χ0) is 17.4. The number of ether oxygens (including phenoxy) is 1. The first-order chi connectivity index (χ1) is 12.2. The van der Waals surface area contributed by atoms with Crippen LogP contribution in [0.25, 0.3) is 16.9 Å². The van der Waals surface area contributed by atoms with E-state index in [1.165, 1.54) is 5.69 Å². The van der Waals surface area contributed by atoms with Crippen molar-refractivity contribution in [1.82, 2.24) is 14.7 Å². The van der Waals surface area contributed by atoms with Gasteiger partial charge in [-0.3, -0.25) is 0 Å². The van der Waals surface area contributed by atoms with Gasteiger partial charge in [0.15, 0.2) is 0 Å². The second-order valence-corrected chi connectivity index (χ2v) is 6.72. The first-order valence-electron chi connectivity index (χ1n) is 8.44. The van der Waals surface area contributed by atoms with Crippen molar-refractivity contribution in [3.8, 4) is 17.0 Å². The molecule has 0 unspecified atom stereocenters. The molecule has 2 aromatic heterocycles. The van der Waals surface area contributed by atoms with E-state index >= 15 is 0 Å². The number of fused-ring (bicyclic) bond motifs is 1. The van der Waals surface area contributed by atoms with Gasteiger partial charge in [-0.1, -0.05) is 11.6 Å². The van der Waals surface area contributed by atoms with Crippen LogP contribution in [0.5, 0.6) is 5.75 Å². The molecule has 4 rings (SSSR count). The molecule has 27 heavy (non-hydrogen) atoms. The number of rotatable bonds is 3. The largest absolute Gasteiger partial charge is 0.496 e. The predicted octanol–water partition coefficient (Wildman–Crippen LogP) is 4.22. The van der Waals surface area contributed by atoms with Gasteiger partial charge in [0, 0.05) is 60.9 Å². The lowest BCUT2D eigenvalue weighted by Crippen LogP contribution is -2.43. The Kier molecular flexibility index (Phi) is 7.23.